The quantitative estimate of drug-likeness (QED) is 0.707. The standard InChI is InChI=1S/C16H20FN3O2S/c1-2-3-4-5-7-22-16-18-10-13(17)14(20-16)9-15(21)19-12-6-8-23-11-12/h6,8,10-11H,2-5,7,9H2,1H3,(H,19,21). The molecule has 7 heteroatoms. The van der Waals surface area contributed by atoms with E-state index in [2.05, 4.69) is 22.2 Å². The number of hydrogen-bond donors (Lipinski definition) is 1. The topological polar surface area (TPSA) is 64.1 Å². The number of halogens is 1. The summed E-state index contributed by atoms with van der Waals surface area (Å²) in [5.74, 6) is -0.932. The van der Waals surface area contributed by atoms with Crippen LogP contribution in [0.3, 0.4) is 0 Å². The smallest absolute Gasteiger partial charge is 0.316 e. The van der Waals surface area contributed by atoms with E-state index in [1.54, 1.807) is 11.4 Å². The number of ether oxygens (including phenoxy) is 1. The monoisotopic (exact) mass is 337 g/mol. The fourth-order valence-electron chi connectivity index (χ4n) is 1.96. The minimum Gasteiger partial charge on any atom is -0.463 e. The maximum atomic E-state index is 13.7. The summed E-state index contributed by atoms with van der Waals surface area (Å²) < 4.78 is 19.2. The van der Waals surface area contributed by atoms with Gasteiger partial charge in [-0.3, -0.25) is 4.79 Å². The summed E-state index contributed by atoms with van der Waals surface area (Å²) in [6.07, 6.45) is 5.17. The van der Waals surface area contributed by atoms with E-state index in [0.29, 0.717) is 12.3 Å². The summed E-state index contributed by atoms with van der Waals surface area (Å²) >= 11 is 1.47. The molecule has 124 valence electrons. The zero-order chi connectivity index (χ0) is 16.5. The molecule has 0 fully saturated rings. The summed E-state index contributed by atoms with van der Waals surface area (Å²) in [6.45, 7) is 2.63. The average Bonchev–Trinajstić information content (AvgIpc) is 3.03. The van der Waals surface area contributed by atoms with Crippen molar-refractivity contribution in [2.45, 2.75) is 39.0 Å². The molecule has 0 spiro atoms. The highest BCUT2D eigenvalue weighted by atomic mass is 32.1. The molecule has 1 N–H and O–H groups in total. The second-order valence-electron chi connectivity index (χ2n) is 5.09. The number of thiophene rings is 1. The molecule has 23 heavy (non-hydrogen) atoms. The average molecular weight is 337 g/mol. The summed E-state index contributed by atoms with van der Waals surface area (Å²) in [5, 5.41) is 6.34. The minimum atomic E-state index is -0.608. The van der Waals surface area contributed by atoms with Crippen molar-refractivity contribution in [3.63, 3.8) is 0 Å². The van der Waals surface area contributed by atoms with Crippen LogP contribution in [0.15, 0.2) is 23.0 Å². The maximum absolute atomic E-state index is 13.7. The molecule has 2 aromatic heterocycles. The lowest BCUT2D eigenvalue weighted by molar-refractivity contribution is -0.115. The molecule has 0 radical (unpaired) electrons. The molecule has 0 saturated heterocycles. The zero-order valence-corrected chi connectivity index (χ0v) is 13.9. The number of rotatable bonds is 9. The first-order valence-corrected chi connectivity index (χ1v) is 8.59. The Kier molecular flexibility index (Phi) is 6.93. The molecule has 1 amide bonds. The van der Waals surface area contributed by atoms with Gasteiger partial charge in [0.2, 0.25) is 5.91 Å². The number of anilines is 1. The molecular weight excluding hydrogens is 317 g/mol. The molecule has 0 aliphatic rings. The van der Waals surface area contributed by atoms with Gasteiger partial charge in [0, 0.05) is 5.38 Å². The highest BCUT2D eigenvalue weighted by molar-refractivity contribution is 7.08. The number of amides is 1. The third kappa shape index (κ3) is 5.94. The molecule has 5 nitrogen and oxygen atoms in total. The van der Waals surface area contributed by atoms with Gasteiger partial charge in [0.15, 0.2) is 5.82 Å². The number of carbonyl (C=O) groups excluding carboxylic acids is 1. The number of aromatic nitrogens is 2. The molecule has 0 atom stereocenters. The van der Waals surface area contributed by atoms with Crippen molar-refractivity contribution >= 4 is 22.9 Å². The Balaban J connectivity index is 1.87. The number of hydrogen-bond acceptors (Lipinski definition) is 5. The van der Waals surface area contributed by atoms with Gasteiger partial charge < -0.3 is 10.1 Å². The van der Waals surface area contributed by atoms with Gasteiger partial charge in [0.1, 0.15) is 0 Å². The lowest BCUT2D eigenvalue weighted by Gasteiger charge is -2.07. The number of unbranched alkanes of at least 4 members (excludes halogenated alkanes) is 3. The van der Waals surface area contributed by atoms with Crippen molar-refractivity contribution in [3.05, 3.63) is 34.5 Å². The Hall–Kier alpha value is -2.02. The molecule has 0 saturated carbocycles. The summed E-state index contributed by atoms with van der Waals surface area (Å²) in [4.78, 5) is 19.7. The third-order valence-corrected chi connectivity index (χ3v) is 3.84. The van der Waals surface area contributed by atoms with E-state index in [0.717, 1.165) is 31.9 Å². The van der Waals surface area contributed by atoms with Gasteiger partial charge in [-0.1, -0.05) is 26.2 Å². The highest BCUT2D eigenvalue weighted by Crippen LogP contribution is 2.14. The van der Waals surface area contributed by atoms with E-state index in [1.165, 1.54) is 11.3 Å². The Morgan fingerprint density at radius 2 is 2.26 bits per heavy atom. The van der Waals surface area contributed by atoms with Crippen LogP contribution in [-0.4, -0.2) is 22.5 Å². The molecular formula is C16H20FN3O2S. The van der Waals surface area contributed by atoms with Crippen LogP contribution in [0, 0.1) is 5.82 Å². The van der Waals surface area contributed by atoms with Gasteiger partial charge >= 0.3 is 6.01 Å². The van der Waals surface area contributed by atoms with E-state index >= 15 is 0 Å². The van der Waals surface area contributed by atoms with Crippen LogP contribution in [0.1, 0.15) is 38.3 Å². The zero-order valence-electron chi connectivity index (χ0n) is 13.0. The van der Waals surface area contributed by atoms with Crippen molar-refractivity contribution in [2.75, 3.05) is 11.9 Å². The molecule has 0 bridgehead atoms. The fourth-order valence-corrected chi connectivity index (χ4v) is 2.55. The summed E-state index contributed by atoms with van der Waals surface area (Å²) in [5.41, 5.74) is 0.734. The van der Waals surface area contributed by atoms with Crippen molar-refractivity contribution in [3.8, 4) is 6.01 Å². The third-order valence-electron chi connectivity index (χ3n) is 3.16. The van der Waals surface area contributed by atoms with Crippen LogP contribution in [-0.2, 0) is 11.2 Å². The van der Waals surface area contributed by atoms with Gasteiger partial charge in [-0.05, 0) is 17.9 Å². The molecule has 2 rings (SSSR count). The van der Waals surface area contributed by atoms with Crippen LogP contribution in [0.2, 0.25) is 0 Å². The Morgan fingerprint density at radius 1 is 1.39 bits per heavy atom. The van der Waals surface area contributed by atoms with Crippen LogP contribution < -0.4 is 10.1 Å². The number of carbonyl (C=O) groups is 1. The second-order valence-corrected chi connectivity index (χ2v) is 5.87. The van der Waals surface area contributed by atoms with E-state index in [9.17, 15) is 9.18 Å². The van der Waals surface area contributed by atoms with Crippen molar-refractivity contribution in [1.29, 1.82) is 0 Å². The lowest BCUT2D eigenvalue weighted by Crippen LogP contribution is -2.16. The predicted octanol–water partition coefficient (Wildman–Crippen LogP) is 3.82. The first-order valence-electron chi connectivity index (χ1n) is 7.65. The predicted molar refractivity (Wildman–Crippen MR) is 88.3 cm³/mol. The first kappa shape index (κ1) is 17.3. The minimum absolute atomic E-state index is 0.0382. The Bertz CT molecular complexity index is 620. The fraction of sp³-hybridized carbons (Fsp3) is 0.438. The maximum Gasteiger partial charge on any atom is 0.316 e. The van der Waals surface area contributed by atoms with Gasteiger partial charge in [0.25, 0.3) is 0 Å². The van der Waals surface area contributed by atoms with Crippen LogP contribution in [0.4, 0.5) is 10.1 Å². The molecule has 0 aliphatic heterocycles. The molecule has 2 aromatic rings. The normalized spacial score (nSPS) is 10.5. The van der Waals surface area contributed by atoms with E-state index in [1.807, 2.05) is 5.38 Å². The van der Waals surface area contributed by atoms with Crippen molar-refractivity contribution in [2.24, 2.45) is 0 Å². The van der Waals surface area contributed by atoms with E-state index in [-0.39, 0.29) is 24.0 Å². The lowest BCUT2D eigenvalue weighted by atomic mass is 10.2. The molecule has 0 unspecified atom stereocenters. The van der Waals surface area contributed by atoms with Crippen molar-refractivity contribution < 1.29 is 13.9 Å². The number of nitrogens with one attached hydrogen (secondary N) is 1. The summed E-state index contributed by atoms with van der Waals surface area (Å²) in [7, 11) is 0. The SMILES string of the molecule is CCCCCCOc1ncc(F)c(CC(=O)Nc2ccsc2)n1. The largest absolute Gasteiger partial charge is 0.463 e. The number of nitrogens with zero attached hydrogens (tertiary/aromatic N) is 2. The molecule has 0 aliphatic carbocycles. The van der Waals surface area contributed by atoms with Crippen molar-refractivity contribution in [1.82, 2.24) is 9.97 Å². The van der Waals surface area contributed by atoms with Gasteiger partial charge in [-0.15, -0.1) is 0 Å². The molecule has 2 heterocycles. The van der Waals surface area contributed by atoms with Crippen LogP contribution in [0.25, 0.3) is 0 Å². The first-order chi connectivity index (χ1) is 11.2. The Labute approximate surface area is 138 Å². The van der Waals surface area contributed by atoms with Crippen LogP contribution >= 0.6 is 11.3 Å². The van der Waals surface area contributed by atoms with Gasteiger partial charge in [-0.25, -0.2) is 9.37 Å². The van der Waals surface area contributed by atoms with Gasteiger partial charge in [-0.2, -0.15) is 16.3 Å². The Morgan fingerprint density at radius 3 is 3.00 bits per heavy atom. The van der Waals surface area contributed by atoms with Crippen LogP contribution in [0.5, 0.6) is 6.01 Å². The van der Waals surface area contributed by atoms with Gasteiger partial charge in [0.05, 0.1) is 30.6 Å². The summed E-state index contributed by atoms with van der Waals surface area (Å²) in [6, 6.07) is 1.89. The van der Waals surface area contributed by atoms with E-state index in [4.69, 9.17) is 4.74 Å². The highest BCUT2D eigenvalue weighted by Gasteiger charge is 2.13. The molecule has 0 aromatic carbocycles. The second kappa shape index (κ2) is 9.19. The van der Waals surface area contributed by atoms with E-state index < -0.39 is 5.82 Å².